The van der Waals surface area contributed by atoms with Crippen molar-refractivity contribution < 1.29 is 22.7 Å². The van der Waals surface area contributed by atoms with Crippen molar-refractivity contribution in [2.45, 2.75) is 11.8 Å². The fraction of sp³-hybridized carbons (Fsp3) is 0.107. The van der Waals surface area contributed by atoms with E-state index < -0.39 is 22.5 Å². The van der Waals surface area contributed by atoms with Gasteiger partial charge in [0.25, 0.3) is 10.0 Å². The van der Waals surface area contributed by atoms with E-state index in [-0.39, 0.29) is 10.6 Å². The molecule has 0 aliphatic heterocycles. The van der Waals surface area contributed by atoms with Crippen molar-refractivity contribution in [1.29, 1.82) is 0 Å². The van der Waals surface area contributed by atoms with Gasteiger partial charge in [0.15, 0.2) is 17.2 Å². The molecule has 0 fully saturated rings. The number of nitrogens with zero attached hydrogens (tertiary/aromatic N) is 1. The summed E-state index contributed by atoms with van der Waals surface area (Å²) in [6.45, 7) is 1.38. The molecule has 0 saturated carbocycles. The Hall–Kier alpha value is -4.01. The Balaban J connectivity index is 1.65. The van der Waals surface area contributed by atoms with Crippen molar-refractivity contribution >= 4 is 38.9 Å². The van der Waals surface area contributed by atoms with E-state index in [1.54, 1.807) is 66.7 Å². The average molecular weight is 537 g/mol. The van der Waals surface area contributed by atoms with E-state index in [9.17, 15) is 13.2 Å². The number of para-hydroxylation sites is 2. The predicted octanol–water partition coefficient (Wildman–Crippen LogP) is 6.28. The van der Waals surface area contributed by atoms with Crippen LogP contribution in [0.4, 0.5) is 11.4 Å². The quantitative estimate of drug-likeness (QED) is 0.272. The molecule has 37 heavy (non-hydrogen) atoms. The first-order valence-corrected chi connectivity index (χ1v) is 13.1. The van der Waals surface area contributed by atoms with Crippen LogP contribution in [0.5, 0.6) is 17.2 Å². The maximum atomic E-state index is 13.6. The summed E-state index contributed by atoms with van der Waals surface area (Å²) in [5.74, 6) is 0.689. The Bertz CT molecular complexity index is 1510. The van der Waals surface area contributed by atoms with Crippen molar-refractivity contribution in [2.75, 3.05) is 23.3 Å². The number of hydrogen-bond donors (Lipinski definition) is 1. The van der Waals surface area contributed by atoms with E-state index in [0.717, 1.165) is 9.87 Å². The van der Waals surface area contributed by atoms with E-state index in [4.69, 9.17) is 21.1 Å². The van der Waals surface area contributed by atoms with Gasteiger partial charge >= 0.3 is 0 Å². The number of rotatable bonds is 9. The predicted molar refractivity (Wildman–Crippen MR) is 145 cm³/mol. The highest BCUT2D eigenvalue weighted by molar-refractivity contribution is 7.92. The fourth-order valence-electron chi connectivity index (χ4n) is 3.65. The van der Waals surface area contributed by atoms with Crippen LogP contribution in [0.15, 0.2) is 102 Å². The lowest BCUT2D eigenvalue weighted by Crippen LogP contribution is -2.38. The van der Waals surface area contributed by atoms with Gasteiger partial charge in [-0.25, -0.2) is 8.42 Å². The minimum atomic E-state index is -4.04. The van der Waals surface area contributed by atoms with Crippen LogP contribution in [0.2, 0.25) is 5.02 Å². The van der Waals surface area contributed by atoms with Gasteiger partial charge in [-0.05, 0) is 67.1 Å². The summed E-state index contributed by atoms with van der Waals surface area (Å²) in [7, 11) is -2.51. The summed E-state index contributed by atoms with van der Waals surface area (Å²) >= 11 is 6.20. The highest BCUT2D eigenvalue weighted by Crippen LogP contribution is 2.36. The van der Waals surface area contributed by atoms with Gasteiger partial charge in [-0.1, -0.05) is 54.1 Å². The zero-order valence-corrected chi connectivity index (χ0v) is 21.8. The zero-order valence-electron chi connectivity index (χ0n) is 20.2. The molecule has 0 spiro atoms. The maximum absolute atomic E-state index is 13.6. The number of amides is 1. The Morgan fingerprint density at radius 2 is 1.57 bits per heavy atom. The van der Waals surface area contributed by atoms with Crippen molar-refractivity contribution in [3.8, 4) is 17.2 Å². The van der Waals surface area contributed by atoms with Crippen LogP contribution in [0, 0.1) is 6.92 Å². The van der Waals surface area contributed by atoms with Gasteiger partial charge < -0.3 is 14.8 Å². The van der Waals surface area contributed by atoms with E-state index in [2.05, 4.69) is 5.32 Å². The Kier molecular flexibility index (Phi) is 8.01. The SMILES string of the molecule is COc1ccccc1Oc1ccc(Cl)cc1NC(=O)CN(c1cccc(C)c1)S(=O)(=O)c1ccccc1. The number of ether oxygens (including phenoxy) is 2. The van der Waals surface area contributed by atoms with Crippen LogP contribution >= 0.6 is 11.6 Å². The molecule has 0 saturated heterocycles. The summed E-state index contributed by atoms with van der Waals surface area (Å²) in [5.41, 5.74) is 1.51. The minimum Gasteiger partial charge on any atom is -0.493 e. The Morgan fingerprint density at radius 1 is 0.865 bits per heavy atom. The number of sulfonamides is 1. The second-order valence-electron chi connectivity index (χ2n) is 8.11. The molecule has 9 heteroatoms. The molecule has 0 bridgehead atoms. The molecule has 7 nitrogen and oxygen atoms in total. The molecule has 4 rings (SSSR count). The third kappa shape index (κ3) is 6.22. The number of aryl methyl sites for hydroxylation is 1. The van der Waals surface area contributed by atoms with Gasteiger partial charge in [-0.2, -0.15) is 0 Å². The third-order valence-corrected chi connectivity index (χ3v) is 7.44. The average Bonchev–Trinajstić information content (AvgIpc) is 2.89. The minimum absolute atomic E-state index is 0.0762. The van der Waals surface area contributed by atoms with Crippen molar-refractivity contribution in [3.63, 3.8) is 0 Å². The van der Waals surface area contributed by atoms with Crippen LogP contribution in [-0.4, -0.2) is 28.0 Å². The lowest BCUT2D eigenvalue weighted by molar-refractivity contribution is -0.114. The number of halogens is 1. The van der Waals surface area contributed by atoms with Crippen LogP contribution in [0.1, 0.15) is 5.56 Å². The summed E-state index contributed by atoms with van der Waals surface area (Å²) in [5, 5.41) is 3.12. The van der Waals surface area contributed by atoms with Crippen LogP contribution in [-0.2, 0) is 14.8 Å². The second-order valence-corrected chi connectivity index (χ2v) is 10.4. The molecule has 0 atom stereocenters. The molecule has 1 amide bonds. The fourth-order valence-corrected chi connectivity index (χ4v) is 5.25. The van der Waals surface area contributed by atoms with E-state index in [0.29, 0.717) is 28.0 Å². The van der Waals surface area contributed by atoms with E-state index in [1.165, 1.54) is 25.3 Å². The second kappa shape index (κ2) is 11.4. The summed E-state index contributed by atoms with van der Waals surface area (Å²) < 4.78 is 39.5. The molecule has 0 heterocycles. The lowest BCUT2D eigenvalue weighted by Gasteiger charge is -2.24. The molecule has 190 valence electrons. The smallest absolute Gasteiger partial charge is 0.264 e. The van der Waals surface area contributed by atoms with Crippen LogP contribution in [0.3, 0.4) is 0 Å². The molecule has 0 unspecified atom stereocenters. The Morgan fingerprint density at radius 3 is 2.27 bits per heavy atom. The van der Waals surface area contributed by atoms with Crippen LogP contribution < -0.4 is 19.1 Å². The maximum Gasteiger partial charge on any atom is 0.264 e. The summed E-state index contributed by atoms with van der Waals surface area (Å²) in [6, 6.07) is 26.8. The molecule has 0 aromatic heterocycles. The number of benzene rings is 4. The number of methoxy groups -OCH3 is 1. The monoisotopic (exact) mass is 536 g/mol. The molecule has 0 aliphatic rings. The number of carbonyl (C=O) groups excluding carboxylic acids is 1. The zero-order chi connectivity index (χ0) is 26.4. The van der Waals surface area contributed by atoms with Gasteiger partial charge in [0, 0.05) is 5.02 Å². The molecular weight excluding hydrogens is 512 g/mol. The Labute approximate surface area is 221 Å². The van der Waals surface area contributed by atoms with Crippen LogP contribution in [0.25, 0.3) is 0 Å². The standard InChI is InChI=1S/C28H25ClN2O5S/c1-20-9-8-10-22(17-20)31(37(33,34)23-11-4-3-5-12-23)19-28(32)30-24-18-21(29)15-16-25(24)36-27-14-7-6-13-26(27)35-2/h3-18H,19H2,1-2H3,(H,30,32). The van der Waals surface area contributed by atoms with Crippen molar-refractivity contribution in [2.24, 2.45) is 0 Å². The number of hydrogen-bond acceptors (Lipinski definition) is 5. The summed E-state index contributed by atoms with van der Waals surface area (Å²) in [6.07, 6.45) is 0. The first-order chi connectivity index (χ1) is 17.8. The highest BCUT2D eigenvalue weighted by Gasteiger charge is 2.27. The topological polar surface area (TPSA) is 84.9 Å². The first-order valence-electron chi connectivity index (χ1n) is 11.3. The first kappa shape index (κ1) is 26.1. The highest BCUT2D eigenvalue weighted by atomic mass is 35.5. The van der Waals surface area contributed by atoms with E-state index >= 15 is 0 Å². The van der Waals surface area contributed by atoms with Gasteiger partial charge in [0.05, 0.1) is 23.4 Å². The molecule has 0 radical (unpaired) electrons. The number of carbonyl (C=O) groups is 1. The summed E-state index contributed by atoms with van der Waals surface area (Å²) in [4.78, 5) is 13.3. The number of nitrogens with one attached hydrogen (secondary N) is 1. The van der Waals surface area contributed by atoms with Gasteiger partial charge in [-0.15, -0.1) is 0 Å². The van der Waals surface area contributed by atoms with Gasteiger partial charge in [0.1, 0.15) is 6.54 Å². The van der Waals surface area contributed by atoms with Crippen molar-refractivity contribution in [3.05, 3.63) is 108 Å². The van der Waals surface area contributed by atoms with Gasteiger partial charge in [0.2, 0.25) is 5.91 Å². The molecular formula is C28H25ClN2O5S. The molecule has 1 N–H and O–H groups in total. The van der Waals surface area contributed by atoms with E-state index in [1.807, 2.05) is 19.1 Å². The molecule has 0 aliphatic carbocycles. The van der Waals surface area contributed by atoms with Crippen molar-refractivity contribution in [1.82, 2.24) is 0 Å². The number of anilines is 2. The molecule has 4 aromatic rings. The normalized spacial score (nSPS) is 11.0. The lowest BCUT2D eigenvalue weighted by atomic mass is 10.2. The molecule has 4 aromatic carbocycles. The third-order valence-electron chi connectivity index (χ3n) is 5.41. The largest absolute Gasteiger partial charge is 0.493 e. The van der Waals surface area contributed by atoms with Gasteiger partial charge in [-0.3, -0.25) is 9.10 Å².